The predicted molar refractivity (Wildman–Crippen MR) is 118 cm³/mol. The third kappa shape index (κ3) is 6.01. The van der Waals surface area contributed by atoms with E-state index >= 15 is 0 Å². The van der Waals surface area contributed by atoms with Crippen LogP contribution in [-0.2, 0) is 16.0 Å². The molecule has 162 valence electrons. The van der Waals surface area contributed by atoms with Gasteiger partial charge in [-0.05, 0) is 55.5 Å². The third-order valence-electron chi connectivity index (χ3n) is 4.93. The first kappa shape index (κ1) is 22.2. The Morgan fingerprint density at radius 2 is 1.84 bits per heavy atom. The Bertz CT molecular complexity index is 1040. The number of aryl methyl sites for hydroxylation is 2. The van der Waals surface area contributed by atoms with Gasteiger partial charge in [0.1, 0.15) is 0 Å². The fourth-order valence-electron chi connectivity index (χ4n) is 3.17. The molecule has 0 spiro atoms. The summed E-state index contributed by atoms with van der Waals surface area (Å²) in [5.41, 5.74) is 4.56. The summed E-state index contributed by atoms with van der Waals surface area (Å²) in [5.74, 6) is 0.182. The van der Waals surface area contributed by atoms with Crippen molar-refractivity contribution in [3.05, 3.63) is 76.7 Å². The molecule has 0 aliphatic carbocycles. The summed E-state index contributed by atoms with van der Waals surface area (Å²) in [6.45, 7) is 8.30. The van der Waals surface area contributed by atoms with Crippen LogP contribution in [0, 0.1) is 13.8 Å². The number of ether oxygens (including phenoxy) is 1. The maximum atomic E-state index is 12.2. The summed E-state index contributed by atoms with van der Waals surface area (Å²) in [6, 6.07) is 13.6. The van der Waals surface area contributed by atoms with Gasteiger partial charge in [0.15, 0.2) is 12.4 Å². The first-order valence-corrected chi connectivity index (χ1v) is 10.4. The monoisotopic (exact) mass is 420 g/mol. The average Bonchev–Trinajstić information content (AvgIpc) is 3.10. The molecule has 1 amide bonds. The lowest BCUT2D eigenvalue weighted by atomic mass is 10.0. The van der Waals surface area contributed by atoms with E-state index in [0.29, 0.717) is 18.3 Å². The number of amides is 1. The fourth-order valence-corrected chi connectivity index (χ4v) is 3.17. The number of esters is 1. The number of nitrogens with one attached hydrogen (secondary N) is 1. The van der Waals surface area contributed by atoms with Crippen molar-refractivity contribution in [1.29, 1.82) is 0 Å². The van der Waals surface area contributed by atoms with Crippen molar-refractivity contribution < 1.29 is 14.3 Å². The maximum Gasteiger partial charge on any atom is 0.340 e. The highest BCUT2D eigenvalue weighted by molar-refractivity contribution is 5.91. The van der Waals surface area contributed by atoms with E-state index in [1.807, 2.05) is 19.9 Å². The summed E-state index contributed by atoms with van der Waals surface area (Å²) < 4.78 is 6.80. The molecule has 2 heterocycles. The van der Waals surface area contributed by atoms with E-state index in [4.69, 9.17) is 4.74 Å². The Labute approximate surface area is 182 Å². The number of hydrogen-bond donors (Lipinski definition) is 1. The quantitative estimate of drug-likeness (QED) is 0.564. The molecule has 3 aromatic rings. The molecule has 31 heavy (non-hydrogen) atoms. The highest BCUT2D eigenvalue weighted by atomic mass is 16.5. The Morgan fingerprint density at radius 3 is 2.42 bits per heavy atom. The van der Waals surface area contributed by atoms with Crippen molar-refractivity contribution in [1.82, 2.24) is 20.1 Å². The van der Waals surface area contributed by atoms with Gasteiger partial charge in [0, 0.05) is 18.4 Å². The lowest BCUT2D eigenvalue weighted by Gasteiger charge is -2.09. The molecule has 0 aliphatic heterocycles. The van der Waals surface area contributed by atoms with E-state index in [2.05, 4.69) is 53.5 Å². The first-order chi connectivity index (χ1) is 14.8. The average molecular weight is 421 g/mol. The van der Waals surface area contributed by atoms with Crippen molar-refractivity contribution in [2.45, 2.75) is 40.0 Å². The van der Waals surface area contributed by atoms with E-state index in [1.54, 1.807) is 16.8 Å². The molecule has 1 aromatic carbocycles. The van der Waals surface area contributed by atoms with Gasteiger partial charge in [-0.2, -0.15) is 5.10 Å². The van der Waals surface area contributed by atoms with Crippen LogP contribution in [0.5, 0.6) is 0 Å². The molecule has 0 unspecified atom stereocenters. The molecule has 1 N–H and O–H groups in total. The Hall–Kier alpha value is -3.48. The zero-order chi connectivity index (χ0) is 22.4. The van der Waals surface area contributed by atoms with Gasteiger partial charge in [-0.15, -0.1) is 0 Å². The summed E-state index contributed by atoms with van der Waals surface area (Å²) in [6.07, 6.45) is 2.14. The molecule has 0 atom stereocenters. The van der Waals surface area contributed by atoms with Crippen molar-refractivity contribution in [2.24, 2.45) is 0 Å². The summed E-state index contributed by atoms with van der Waals surface area (Å²) in [7, 11) is 0. The van der Waals surface area contributed by atoms with Crippen LogP contribution < -0.4 is 5.32 Å². The molecule has 3 rings (SSSR count). The number of hydrogen-bond acceptors (Lipinski definition) is 5. The Balaban J connectivity index is 1.43. The fraction of sp³-hybridized carbons (Fsp3) is 0.333. The number of carbonyl (C=O) groups excluding carboxylic acids is 2. The van der Waals surface area contributed by atoms with Gasteiger partial charge < -0.3 is 10.1 Å². The Morgan fingerprint density at radius 1 is 1.10 bits per heavy atom. The van der Waals surface area contributed by atoms with Gasteiger partial charge in [0.25, 0.3) is 5.91 Å². The number of carbonyl (C=O) groups is 2. The summed E-state index contributed by atoms with van der Waals surface area (Å²) >= 11 is 0. The molecule has 2 aromatic heterocycles. The number of aromatic nitrogens is 3. The van der Waals surface area contributed by atoms with Gasteiger partial charge in [0.05, 0.1) is 11.3 Å². The molecular weight excluding hydrogens is 392 g/mol. The van der Waals surface area contributed by atoms with Crippen LogP contribution in [0.2, 0.25) is 0 Å². The number of benzene rings is 1. The second-order valence-electron chi connectivity index (χ2n) is 7.82. The van der Waals surface area contributed by atoms with Gasteiger partial charge in [-0.3, -0.25) is 4.79 Å². The SMILES string of the molecule is Cc1cc(C)n(-c2ccc(C(=O)OCC(=O)NCCc3ccc(C(C)C)cc3)cn2)n1. The number of pyridine rings is 1. The van der Waals surface area contributed by atoms with Crippen LogP contribution in [0.15, 0.2) is 48.7 Å². The van der Waals surface area contributed by atoms with E-state index in [9.17, 15) is 9.59 Å². The van der Waals surface area contributed by atoms with Crippen molar-refractivity contribution in [3.8, 4) is 5.82 Å². The maximum absolute atomic E-state index is 12.2. The highest BCUT2D eigenvalue weighted by Gasteiger charge is 2.12. The van der Waals surface area contributed by atoms with Gasteiger partial charge in [-0.25, -0.2) is 14.5 Å². The van der Waals surface area contributed by atoms with Crippen LogP contribution in [0.3, 0.4) is 0 Å². The second kappa shape index (κ2) is 10.0. The summed E-state index contributed by atoms with van der Waals surface area (Å²) in [5, 5.41) is 7.13. The predicted octanol–water partition coefficient (Wildman–Crippen LogP) is 3.52. The molecule has 7 nitrogen and oxygen atoms in total. The standard InChI is InChI=1S/C24H28N4O3/c1-16(2)20-7-5-19(6-8-20)11-12-25-23(29)15-31-24(30)21-9-10-22(26-14-21)28-18(4)13-17(3)27-28/h5-10,13-14,16H,11-12,15H2,1-4H3,(H,25,29). The molecule has 0 radical (unpaired) electrons. The van der Waals surface area contributed by atoms with Crippen LogP contribution in [0.25, 0.3) is 5.82 Å². The molecule has 0 aliphatic rings. The first-order valence-electron chi connectivity index (χ1n) is 10.4. The molecule has 0 bridgehead atoms. The largest absolute Gasteiger partial charge is 0.452 e. The topological polar surface area (TPSA) is 86.1 Å². The minimum Gasteiger partial charge on any atom is -0.452 e. The second-order valence-corrected chi connectivity index (χ2v) is 7.82. The Kier molecular flexibility index (Phi) is 7.18. The number of nitrogens with zero attached hydrogens (tertiary/aromatic N) is 3. The normalized spacial score (nSPS) is 10.9. The van der Waals surface area contributed by atoms with E-state index in [-0.39, 0.29) is 18.1 Å². The van der Waals surface area contributed by atoms with Crippen LogP contribution in [0.4, 0.5) is 0 Å². The highest BCUT2D eigenvalue weighted by Crippen LogP contribution is 2.15. The molecule has 7 heteroatoms. The lowest BCUT2D eigenvalue weighted by molar-refractivity contribution is -0.124. The molecule has 0 saturated carbocycles. The molecular formula is C24H28N4O3. The lowest BCUT2D eigenvalue weighted by Crippen LogP contribution is -2.30. The zero-order valence-electron chi connectivity index (χ0n) is 18.4. The van der Waals surface area contributed by atoms with E-state index < -0.39 is 5.97 Å². The van der Waals surface area contributed by atoms with Crippen molar-refractivity contribution in [2.75, 3.05) is 13.2 Å². The van der Waals surface area contributed by atoms with Gasteiger partial charge in [-0.1, -0.05) is 38.1 Å². The smallest absolute Gasteiger partial charge is 0.340 e. The van der Waals surface area contributed by atoms with Crippen molar-refractivity contribution >= 4 is 11.9 Å². The third-order valence-corrected chi connectivity index (χ3v) is 4.93. The zero-order valence-corrected chi connectivity index (χ0v) is 18.4. The molecule has 0 fully saturated rings. The van der Waals surface area contributed by atoms with E-state index in [1.165, 1.54) is 11.8 Å². The van der Waals surface area contributed by atoms with Gasteiger partial charge in [0.2, 0.25) is 0 Å². The van der Waals surface area contributed by atoms with Crippen LogP contribution in [0.1, 0.15) is 52.6 Å². The van der Waals surface area contributed by atoms with Gasteiger partial charge >= 0.3 is 5.97 Å². The number of rotatable bonds is 8. The summed E-state index contributed by atoms with van der Waals surface area (Å²) in [4.78, 5) is 28.4. The van der Waals surface area contributed by atoms with Crippen LogP contribution >= 0.6 is 0 Å². The molecule has 0 saturated heterocycles. The minimum absolute atomic E-state index is 0.281. The van der Waals surface area contributed by atoms with Crippen LogP contribution in [-0.4, -0.2) is 39.8 Å². The minimum atomic E-state index is -0.591. The van der Waals surface area contributed by atoms with E-state index in [0.717, 1.165) is 23.4 Å². The van der Waals surface area contributed by atoms with Crippen molar-refractivity contribution in [3.63, 3.8) is 0 Å².